The van der Waals surface area contributed by atoms with Gasteiger partial charge < -0.3 is 5.11 Å². The molecule has 0 heterocycles. The second kappa shape index (κ2) is 27.9. The number of hydrogen-bond acceptors (Lipinski definition) is 1. The first kappa shape index (κ1) is 32.7. The second-order valence-electron chi connectivity index (χ2n) is 10.8. The van der Waals surface area contributed by atoms with E-state index in [4.69, 9.17) is 0 Å². The van der Waals surface area contributed by atoms with E-state index in [9.17, 15) is 5.11 Å². The van der Waals surface area contributed by atoms with Gasteiger partial charge in [-0.15, -0.1) is 0 Å². The molecule has 0 aromatic rings. The van der Waals surface area contributed by atoms with Gasteiger partial charge in [0.05, 0.1) is 6.10 Å². The molecule has 0 radical (unpaired) electrons. The van der Waals surface area contributed by atoms with Crippen molar-refractivity contribution in [3.05, 3.63) is 12.2 Å². The molecule has 0 bridgehead atoms. The van der Waals surface area contributed by atoms with E-state index in [1.165, 1.54) is 141 Å². The Morgan fingerprint density at radius 2 is 0.788 bits per heavy atom. The van der Waals surface area contributed by atoms with Crippen molar-refractivity contribution >= 4 is 0 Å². The Balaban J connectivity index is 4.10. The summed E-state index contributed by atoms with van der Waals surface area (Å²) < 4.78 is 0. The lowest BCUT2D eigenvalue weighted by molar-refractivity contribution is 0.0839. The van der Waals surface area contributed by atoms with Crippen molar-refractivity contribution in [1.29, 1.82) is 0 Å². The van der Waals surface area contributed by atoms with E-state index in [0.717, 1.165) is 19.3 Å². The van der Waals surface area contributed by atoms with Gasteiger partial charge in [0.1, 0.15) is 0 Å². The molecule has 198 valence electrons. The van der Waals surface area contributed by atoms with Crippen LogP contribution in [0.3, 0.4) is 0 Å². The van der Waals surface area contributed by atoms with Crippen LogP contribution < -0.4 is 0 Å². The number of hydrogen-bond donors (Lipinski definition) is 1. The third-order valence-corrected chi connectivity index (χ3v) is 7.41. The summed E-state index contributed by atoms with van der Waals surface area (Å²) in [7, 11) is 0. The Kier molecular flexibility index (Phi) is 27.7. The summed E-state index contributed by atoms with van der Waals surface area (Å²) in [6.45, 7) is 6.85. The lowest BCUT2D eigenvalue weighted by Crippen LogP contribution is -2.20. The molecule has 0 rings (SSSR count). The van der Waals surface area contributed by atoms with Crippen LogP contribution in [0.4, 0.5) is 0 Å². The zero-order chi connectivity index (χ0) is 24.2. The van der Waals surface area contributed by atoms with Crippen molar-refractivity contribution in [3.8, 4) is 0 Å². The molecule has 1 nitrogen and oxygen atoms in total. The Labute approximate surface area is 210 Å². The molecule has 0 saturated heterocycles. The van der Waals surface area contributed by atoms with Gasteiger partial charge in [-0.3, -0.25) is 0 Å². The number of allylic oxidation sites excluding steroid dienone is 2. The third kappa shape index (κ3) is 24.6. The van der Waals surface area contributed by atoms with Gasteiger partial charge in [0.15, 0.2) is 0 Å². The Hall–Kier alpha value is -0.300. The molecule has 0 saturated carbocycles. The topological polar surface area (TPSA) is 20.2 Å². The summed E-state index contributed by atoms with van der Waals surface area (Å²) in [5.41, 5.74) is 0. The largest absolute Gasteiger partial charge is 0.393 e. The Bertz CT molecular complexity index is 355. The zero-order valence-electron chi connectivity index (χ0n) is 23.4. The lowest BCUT2D eigenvalue weighted by Gasteiger charge is -2.23. The van der Waals surface area contributed by atoms with Gasteiger partial charge >= 0.3 is 0 Å². The molecule has 0 aromatic heterocycles. The van der Waals surface area contributed by atoms with Crippen molar-refractivity contribution in [2.75, 3.05) is 0 Å². The molecule has 1 N–H and O–H groups in total. The van der Waals surface area contributed by atoms with E-state index < -0.39 is 0 Å². The van der Waals surface area contributed by atoms with E-state index in [1.54, 1.807) is 0 Å². The molecule has 1 atom stereocenters. The summed E-state index contributed by atoms with van der Waals surface area (Å²) in [6.07, 6.45) is 37.8. The van der Waals surface area contributed by atoms with Crippen LogP contribution in [-0.4, -0.2) is 11.2 Å². The first-order valence-corrected chi connectivity index (χ1v) is 15.6. The van der Waals surface area contributed by atoms with Gasteiger partial charge in [-0.25, -0.2) is 0 Å². The van der Waals surface area contributed by atoms with Gasteiger partial charge in [-0.05, 0) is 50.9 Å². The SMILES string of the molecule is CCCCCC=CCCCC(O)C(CCCCCCCCCC)CCCCCCCCCC. The highest BCUT2D eigenvalue weighted by atomic mass is 16.3. The predicted molar refractivity (Wildman–Crippen MR) is 151 cm³/mol. The van der Waals surface area contributed by atoms with Crippen molar-refractivity contribution in [2.24, 2.45) is 5.92 Å². The van der Waals surface area contributed by atoms with Gasteiger partial charge in [0, 0.05) is 0 Å². The Morgan fingerprint density at radius 1 is 0.424 bits per heavy atom. The number of unbranched alkanes of at least 4 members (excludes halogenated alkanes) is 18. The summed E-state index contributed by atoms with van der Waals surface area (Å²) >= 11 is 0. The Morgan fingerprint density at radius 3 is 1.24 bits per heavy atom. The van der Waals surface area contributed by atoms with E-state index >= 15 is 0 Å². The molecule has 0 aliphatic heterocycles. The maximum Gasteiger partial charge on any atom is 0.0568 e. The van der Waals surface area contributed by atoms with Crippen LogP contribution in [0.2, 0.25) is 0 Å². The maximum absolute atomic E-state index is 11.0. The van der Waals surface area contributed by atoms with Crippen LogP contribution in [0.25, 0.3) is 0 Å². The lowest BCUT2D eigenvalue weighted by atomic mass is 9.87. The molecule has 0 fully saturated rings. The van der Waals surface area contributed by atoms with Crippen molar-refractivity contribution < 1.29 is 5.11 Å². The highest BCUT2D eigenvalue weighted by Crippen LogP contribution is 2.25. The zero-order valence-corrected chi connectivity index (χ0v) is 23.4. The van der Waals surface area contributed by atoms with Crippen molar-refractivity contribution in [1.82, 2.24) is 0 Å². The minimum atomic E-state index is -0.0763. The van der Waals surface area contributed by atoms with Gasteiger partial charge in [0.25, 0.3) is 0 Å². The summed E-state index contributed by atoms with van der Waals surface area (Å²) in [4.78, 5) is 0. The molecule has 1 heteroatoms. The monoisotopic (exact) mass is 464 g/mol. The summed E-state index contributed by atoms with van der Waals surface area (Å²) in [5, 5.41) is 11.0. The number of rotatable bonds is 27. The third-order valence-electron chi connectivity index (χ3n) is 7.41. The second-order valence-corrected chi connectivity index (χ2v) is 10.8. The van der Waals surface area contributed by atoms with Crippen LogP contribution in [0.15, 0.2) is 12.2 Å². The molecule has 0 aliphatic rings. The average molecular weight is 465 g/mol. The smallest absolute Gasteiger partial charge is 0.0568 e. The molecule has 0 aliphatic carbocycles. The highest BCUT2D eigenvalue weighted by Gasteiger charge is 2.18. The average Bonchev–Trinajstić information content (AvgIpc) is 2.82. The van der Waals surface area contributed by atoms with E-state index in [-0.39, 0.29) is 6.10 Å². The minimum absolute atomic E-state index is 0.0763. The van der Waals surface area contributed by atoms with Crippen LogP contribution in [0.1, 0.15) is 181 Å². The fourth-order valence-electron chi connectivity index (χ4n) is 5.04. The van der Waals surface area contributed by atoms with Crippen molar-refractivity contribution in [2.45, 2.75) is 187 Å². The van der Waals surface area contributed by atoms with Gasteiger partial charge in [0.2, 0.25) is 0 Å². The minimum Gasteiger partial charge on any atom is -0.393 e. The first-order valence-electron chi connectivity index (χ1n) is 15.6. The summed E-state index contributed by atoms with van der Waals surface area (Å²) in [5.74, 6) is 0.540. The fraction of sp³-hybridized carbons (Fsp3) is 0.938. The molecular weight excluding hydrogens is 400 g/mol. The van der Waals surface area contributed by atoms with Gasteiger partial charge in [-0.1, -0.05) is 148 Å². The summed E-state index contributed by atoms with van der Waals surface area (Å²) in [6, 6.07) is 0. The molecule has 0 amide bonds. The fourth-order valence-corrected chi connectivity index (χ4v) is 5.04. The standard InChI is InChI=1S/C32H64O/c1-4-7-10-13-16-19-22-25-28-31(29-26-23-20-17-14-11-8-5-2)32(33)30-27-24-21-18-15-12-9-6-3/h18,21,31-33H,4-17,19-20,22-30H2,1-3H3. The van der Waals surface area contributed by atoms with Crippen LogP contribution in [0, 0.1) is 5.92 Å². The van der Waals surface area contributed by atoms with E-state index in [0.29, 0.717) is 5.92 Å². The quantitative estimate of drug-likeness (QED) is 0.0946. The van der Waals surface area contributed by atoms with Crippen LogP contribution in [-0.2, 0) is 0 Å². The molecule has 33 heavy (non-hydrogen) atoms. The van der Waals surface area contributed by atoms with Crippen LogP contribution in [0.5, 0.6) is 0 Å². The molecular formula is C32H64O. The van der Waals surface area contributed by atoms with Crippen LogP contribution >= 0.6 is 0 Å². The predicted octanol–water partition coefficient (Wildman–Crippen LogP) is 11.3. The highest BCUT2D eigenvalue weighted by molar-refractivity contribution is 4.82. The first-order chi connectivity index (χ1) is 16.3. The number of aliphatic hydroxyl groups is 1. The number of aliphatic hydroxyl groups excluding tert-OH is 1. The molecule has 1 unspecified atom stereocenters. The maximum atomic E-state index is 11.0. The molecule has 0 aromatic carbocycles. The van der Waals surface area contributed by atoms with E-state index in [1.807, 2.05) is 0 Å². The normalized spacial score (nSPS) is 12.9. The van der Waals surface area contributed by atoms with Crippen molar-refractivity contribution in [3.63, 3.8) is 0 Å². The van der Waals surface area contributed by atoms with Gasteiger partial charge in [-0.2, -0.15) is 0 Å². The molecule has 0 spiro atoms. The van der Waals surface area contributed by atoms with E-state index in [2.05, 4.69) is 32.9 Å².